The lowest BCUT2D eigenvalue weighted by Gasteiger charge is -2.22. The molecule has 76 valence electrons. The highest BCUT2D eigenvalue weighted by molar-refractivity contribution is 5.87. The van der Waals surface area contributed by atoms with Gasteiger partial charge in [-0.15, -0.1) is 0 Å². The molecule has 1 N–H and O–H groups in total. The van der Waals surface area contributed by atoms with Gasteiger partial charge in [-0.2, -0.15) is 0 Å². The average molecular weight is 193 g/mol. The lowest BCUT2D eigenvalue weighted by Crippen LogP contribution is -2.16. The summed E-state index contributed by atoms with van der Waals surface area (Å²) >= 11 is 0. The fourth-order valence-electron chi connectivity index (χ4n) is 1.13. The Morgan fingerprint density at radius 2 is 2.14 bits per heavy atom. The highest BCUT2D eigenvalue weighted by atomic mass is 16.4. The number of carbonyl (C=O) groups is 1. The minimum Gasteiger partial charge on any atom is -0.478 e. The van der Waals surface area contributed by atoms with Gasteiger partial charge >= 0.3 is 5.97 Å². The summed E-state index contributed by atoms with van der Waals surface area (Å²) in [5.74, 6) is -0.925. The van der Waals surface area contributed by atoms with E-state index >= 15 is 0 Å². The quantitative estimate of drug-likeness (QED) is 0.802. The predicted molar refractivity (Wildman–Crippen MR) is 54.5 cm³/mol. The lowest BCUT2D eigenvalue weighted by molar-refractivity contribution is 0.0696. The standard InChI is InChI=1S/C11H15NO2/c1-4-11(2,3)9-5-8(10(13)14)6-12-7-9/h5-7H,4H2,1-3H3,(H,13,14). The van der Waals surface area contributed by atoms with Crippen molar-refractivity contribution in [3.8, 4) is 0 Å². The lowest BCUT2D eigenvalue weighted by atomic mass is 9.83. The van der Waals surface area contributed by atoms with Gasteiger partial charge in [-0.05, 0) is 23.5 Å². The van der Waals surface area contributed by atoms with Crippen LogP contribution < -0.4 is 0 Å². The molecule has 3 nitrogen and oxygen atoms in total. The Labute approximate surface area is 83.8 Å². The zero-order valence-corrected chi connectivity index (χ0v) is 8.74. The number of aromatic carboxylic acids is 1. The first-order valence-electron chi connectivity index (χ1n) is 4.66. The second-order valence-corrected chi connectivity index (χ2v) is 4.00. The molecule has 1 aromatic heterocycles. The fourth-order valence-corrected chi connectivity index (χ4v) is 1.13. The number of nitrogens with zero attached hydrogens (tertiary/aromatic N) is 1. The third-order valence-corrected chi connectivity index (χ3v) is 2.65. The van der Waals surface area contributed by atoms with E-state index in [0.29, 0.717) is 0 Å². The van der Waals surface area contributed by atoms with Crippen molar-refractivity contribution in [3.05, 3.63) is 29.6 Å². The van der Waals surface area contributed by atoms with Gasteiger partial charge in [0.25, 0.3) is 0 Å². The van der Waals surface area contributed by atoms with Gasteiger partial charge in [0.1, 0.15) is 0 Å². The molecule has 0 aromatic carbocycles. The highest BCUT2D eigenvalue weighted by Crippen LogP contribution is 2.26. The molecule has 0 radical (unpaired) electrons. The van der Waals surface area contributed by atoms with Crippen LogP contribution in [0.3, 0.4) is 0 Å². The topological polar surface area (TPSA) is 50.2 Å². The number of hydrogen-bond donors (Lipinski definition) is 1. The van der Waals surface area contributed by atoms with Crippen LogP contribution in [0.15, 0.2) is 18.5 Å². The first-order chi connectivity index (χ1) is 6.47. The monoisotopic (exact) mass is 193 g/mol. The fraction of sp³-hybridized carbons (Fsp3) is 0.455. The van der Waals surface area contributed by atoms with Crippen LogP contribution >= 0.6 is 0 Å². The van der Waals surface area contributed by atoms with E-state index in [1.54, 1.807) is 12.3 Å². The molecule has 0 aliphatic carbocycles. The Morgan fingerprint density at radius 1 is 1.50 bits per heavy atom. The van der Waals surface area contributed by atoms with Crippen LogP contribution in [0, 0.1) is 0 Å². The largest absolute Gasteiger partial charge is 0.478 e. The number of aromatic nitrogens is 1. The third kappa shape index (κ3) is 2.10. The van der Waals surface area contributed by atoms with E-state index in [9.17, 15) is 4.79 Å². The summed E-state index contributed by atoms with van der Waals surface area (Å²) in [6, 6.07) is 1.69. The van der Waals surface area contributed by atoms with Crippen molar-refractivity contribution in [2.24, 2.45) is 0 Å². The van der Waals surface area contributed by atoms with E-state index in [2.05, 4.69) is 25.8 Å². The molecule has 0 spiro atoms. The number of hydrogen-bond acceptors (Lipinski definition) is 2. The molecular weight excluding hydrogens is 178 g/mol. The Balaban J connectivity index is 3.12. The Morgan fingerprint density at radius 3 is 2.64 bits per heavy atom. The van der Waals surface area contributed by atoms with Gasteiger partial charge in [-0.3, -0.25) is 4.98 Å². The molecular formula is C11H15NO2. The van der Waals surface area contributed by atoms with Crippen molar-refractivity contribution in [2.75, 3.05) is 0 Å². The predicted octanol–water partition coefficient (Wildman–Crippen LogP) is 2.47. The maximum Gasteiger partial charge on any atom is 0.337 e. The van der Waals surface area contributed by atoms with E-state index < -0.39 is 5.97 Å². The molecule has 14 heavy (non-hydrogen) atoms. The van der Waals surface area contributed by atoms with E-state index in [1.165, 1.54) is 6.20 Å². The minimum atomic E-state index is -0.925. The van der Waals surface area contributed by atoms with Crippen LogP contribution in [0.1, 0.15) is 43.1 Å². The zero-order valence-electron chi connectivity index (χ0n) is 8.74. The normalized spacial score (nSPS) is 11.4. The van der Waals surface area contributed by atoms with Gasteiger partial charge in [-0.25, -0.2) is 4.79 Å². The molecule has 0 atom stereocenters. The summed E-state index contributed by atoms with van der Waals surface area (Å²) in [4.78, 5) is 14.7. The molecule has 0 bridgehead atoms. The molecule has 0 saturated heterocycles. The Bertz CT molecular complexity index is 345. The first kappa shape index (κ1) is 10.7. The van der Waals surface area contributed by atoms with Gasteiger partial charge in [0.15, 0.2) is 0 Å². The van der Waals surface area contributed by atoms with Crippen molar-refractivity contribution >= 4 is 5.97 Å². The average Bonchev–Trinajstić information content (AvgIpc) is 2.18. The summed E-state index contributed by atoms with van der Waals surface area (Å²) in [5.41, 5.74) is 1.21. The maximum absolute atomic E-state index is 10.7. The van der Waals surface area contributed by atoms with E-state index in [4.69, 9.17) is 5.11 Å². The second kappa shape index (κ2) is 3.78. The van der Waals surface area contributed by atoms with Crippen LogP contribution in [-0.4, -0.2) is 16.1 Å². The first-order valence-corrected chi connectivity index (χ1v) is 4.66. The molecule has 0 amide bonds. The summed E-state index contributed by atoms with van der Waals surface area (Å²) in [6.07, 6.45) is 4.06. The summed E-state index contributed by atoms with van der Waals surface area (Å²) < 4.78 is 0. The van der Waals surface area contributed by atoms with Gasteiger partial charge in [0.2, 0.25) is 0 Å². The van der Waals surface area contributed by atoms with Crippen LogP contribution in [0.5, 0.6) is 0 Å². The smallest absolute Gasteiger partial charge is 0.337 e. The van der Waals surface area contributed by atoms with Crippen LogP contribution in [-0.2, 0) is 5.41 Å². The van der Waals surface area contributed by atoms with Crippen LogP contribution in [0.4, 0.5) is 0 Å². The maximum atomic E-state index is 10.7. The van der Waals surface area contributed by atoms with Gasteiger partial charge in [0.05, 0.1) is 5.56 Å². The summed E-state index contributed by atoms with van der Waals surface area (Å²) in [6.45, 7) is 6.23. The van der Waals surface area contributed by atoms with E-state index in [-0.39, 0.29) is 11.0 Å². The Hall–Kier alpha value is -1.38. The molecule has 0 saturated carbocycles. The molecule has 3 heteroatoms. The number of pyridine rings is 1. The minimum absolute atomic E-state index is 0.0154. The number of carboxylic acid groups (broad SMARTS) is 1. The van der Waals surface area contributed by atoms with Crippen molar-refractivity contribution in [3.63, 3.8) is 0 Å². The van der Waals surface area contributed by atoms with Crippen molar-refractivity contribution in [2.45, 2.75) is 32.6 Å². The zero-order chi connectivity index (χ0) is 10.8. The molecule has 1 aromatic rings. The third-order valence-electron chi connectivity index (χ3n) is 2.65. The second-order valence-electron chi connectivity index (χ2n) is 4.00. The van der Waals surface area contributed by atoms with E-state index in [1.807, 2.05) is 0 Å². The van der Waals surface area contributed by atoms with Gasteiger partial charge in [-0.1, -0.05) is 20.8 Å². The van der Waals surface area contributed by atoms with Gasteiger partial charge < -0.3 is 5.11 Å². The van der Waals surface area contributed by atoms with Crippen molar-refractivity contribution in [1.82, 2.24) is 4.98 Å². The molecule has 0 aliphatic rings. The number of carboxylic acids is 1. The SMILES string of the molecule is CCC(C)(C)c1cncc(C(=O)O)c1. The number of rotatable bonds is 3. The Kier molecular flexibility index (Phi) is 2.89. The molecule has 0 fully saturated rings. The molecule has 0 aliphatic heterocycles. The molecule has 1 heterocycles. The van der Waals surface area contributed by atoms with Crippen molar-refractivity contribution < 1.29 is 9.90 Å². The van der Waals surface area contributed by atoms with Gasteiger partial charge in [0, 0.05) is 12.4 Å². The molecule has 1 rings (SSSR count). The van der Waals surface area contributed by atoms with Crippen LogP contribution in [0.2, 0.25) is 0 Å². The van der Waals surface area contributed by atoms with E-state index in [0.717, 1.165) is 12.0 Å². The summed E-state index contributed by atoms with van der Waals surface area (Å²) in [7, 11) is 0. The van der Waals surface area contributed by atoms with Crippen LogP contribution in [0.25, 0.3) is 0 Å². The summed E-state index contributed by atoms with van der Waals surface area (Å²) in [5, 5.41) is 8.81. The molecule has 0 unspecified atom stereocenters. The highest BCUT2D eigenvalue weighted by Gasteiger charge is 2.19. The van der Waals surface area contributed by atoms with Crippen molar-refractivity contribution in [1.29, 1.82) is 0 Å².